The number of fused-ring (bicyclic) bond motifs is 1. The molecule has 1 aliphatic rings. The molecule has 2 aromatic rings. The molecule has 1 N–H and O–H groups in total. The van der Waals surface area contributed by atoms with Gasteiger partial charge in [0.25, 0.3) is 5.91 Å². The second kappa shape index (κ2) is 6.41. The molecule has 0 radical (unpaired) electrons. The largest absolute Gasteiger partial charge is 0.392 e. The van der Waals surface area contributed by atoms with Crippen molar-refractivity contribution in [3.8, 4) is 0 Å². The smallest absolute Gasteiger partial charge is 0.274 e. The molecule has 3 rings (SSSR count). The average Bonchev–Trinajstić information content (AvgIpc) is 2.98. The summed E-state index contributed by atoms with van der Waals surface area (Å²) in [4.78, 5) is 24.9. The predicted octanol–water partition coefficient (Wildman–Crippen LogP) is 0.258. The lowest BCUT2D eigenvalue weighted by molar-refractivity contribution is 0.0520. The summed E-state index contributed by atoms with van der Waals surface area (Å²) < 4.78 is 1.75. The van der Waals surface area contributed by atoms with Gasteiger partial charge in [0.1, 0.15) is 5.69 Å². The van der Waals surface area contributed by atoms with E-state index in [2.05, 4.69) is 14.9 Å². The van der Waals surface area contributed by atoms with Crippen LogP contribution >= 0.6 is 0 Å². The molecule has 0 unspecified atom stereocenters. The average molecular weight is 303 g/mol. The molecule has 1 atom stereocenters. The maximum atomic E-state index is 12.5. The minimum absolute atomic E-state index is 0.0545. The number of aliphatic hydroxyl groups is 1. The van der Waals surface area contributed by atoms with Crippen molar-refractivity contribution < 1.29 is 9.90 Å². The Morgan fingerprint density at radius 2 is 2.14 bits per heavy atom. The summed E-state index contributed by atoms with van der Waals surface area (Å²) >= 11 is 0. The topological polar surface area (TPSA) is 74.0 Å². The van der Waals surface area contributed by atoms with Gasteiger partial charge in [-0.3, -0.25) is 14.1 Å². The fourth-order valence-corrected chi connectivity index (χ4v) is 2.66. The standard InChI is InChI=1S/C15H21N5O2/c1-2-12(21)10-18-6-8-19(9-7-18)14(22)13-11-20-5-3-4-16-15(20)17-13/h3-5,11-12,21H,2,6-10H2,1H3/t12-/m1/s1. The molecule has 1 fully saturated rings. The van der Waals surface area contributed by atoms with Crippen LogP contribution in [0.3, 0.4) is 0 Å². The van der Waals surface area contributed by atoms with Gasteiger partial charge in [0.15, 0.2) is 0 Å². The first-order valence-corrected chi connectivity index (χ1v) is 7.67. The zero-order valence-electron chi connectivity index (χ0n) is 12.7. The third-order valence-corrected chi connectivity index (χ3v) is 4.05. The summed E-state index contributed by atoms with van der Waals surface area (Å²) in [5.41, 5.74) is 0.431. The van der Waals surface area contributed by atoms with Gasteiger partial charge in [-0.25, -0.2) is 9.97 Å². The Labute approximate surface area is 129 Å². The Morgan fingerprint density at radius 3 is 2.82 bits per heavy atom. The van der Waals surface area contributed by atoms with Gasteiger partial charge >= 0.3 is 0 Å². The van der Waals surface area contributed by atoms with E-state index in [9.17, 15) is 9.90 Å². The number of piperazine rings is 1. The van der Waals surface area contributed by atoms with Crippen molar-refractivity contribution in [2.45, 2.75) is 19.4 Å². The van der Waals surface area contributed by atoms with Gasteiger partial charge in [0.05, 0.1) is 6.10 Å². The van der Waals surface area contributed by atoms with Crippen molar-refractivity contribution in [1.82, 2.24) is 24.2 Å². The SMILES string of the molecule is CC[C@@H](O)CN1CCN(C(=O)c2cn3cccnc3n2)CC1. The number of imidazole rings is 1. The van der Waals surface area contributed by atoms with Crippen LogP contribution in [-0.4, -0.2) is 74.0 Å². The van der Waals surface area contributed by atoms with Crippen LogP contribution in [0.5, 0.6) is 0 Å². The van der Waals surface area contributed by atoms with E-state index in [1.165, 1.54) is 0 Å². The van der Waals surface area contributed by atoms with E-state index in [1.54, 1.807) is 22.9 Å². The first kappa shape index (κ1) is 14.9. The minimum atomic E-state index is -0.285. The van der Waals surface area contributed by atoms with Crippen molar-refractivity contribution in [3.63, 3.8) is 0 Å². The summed E-state index contributed by atoms with van der Waals surface area (Å²) in [7, 11) is 0. The van der Waals surface area contributed by atoms with Gasteiger partial charge in [-0.2, -0.15) is 0 Å². The highest BCUT2D eigenvalue weighted by Crippen LogP contribution is 2.10. The van der Waals surface area contributed by atoms with Crippen LogP contribution in [0.25, 0.3) is 5.78 Å². The second-order valence-corrected chi connectivity index (χ2v) is 5.61. The lowest BCUT2D eigenvalue weighted by atomic mass is 10.2. The minimum Gasteiger partial charge on any atom is -0.392 e. The Morgan fingerprint density at radius 1 is 1.36 bits per heavy atom. The molecule has 1 saturated heterocycles. The molecule has 1 aliphatic heterocycles. The molecule has 1 amide bonds. The van der Waals surface area contributed by atoms with Crippen LogP contribution < -0.4 is 0 Å². The lowest BCUT2D eigenvalue weighted by Crippen LogP contribution is -2.50. The number of hydrogen-bond acceptors (Lipinski definition) is 5. The first-order chi connectivity index (χ1) is 10.7. The van der Waals surface area contributed by atoms with Gasteiger partial charge in [-0.05, 0) is 12.5 Å². The Kier molecular flexibility index (Phi) is 4.35. The van der Waals surface area contributed by atoms with E-state index in [0.29, 0.717) is 31.1 Å². The second-order valence-electron chi connectivity index (χ2n) is 5.61. The zero-order chi connectivity index (χ0) is 15.5. The van der Waals surface area contributed by atoms with Crippen LogP contribution in [0.4, 0.5) is 0 Å². The summed E-state index contributed by atoms with van der Waals surface area (Å²) in [5, 5.41) is 9.70. The number of carbonyl (C=O) groups excluding carboxylic acids is 1. The maximum absolute atomic E-state index is 12.5. The molecular weight excluding hydrogens is 282 g/mol. The zero-order valence-corrected chi connectivity index (χ0v) is 12.7. The number of aromatic nitrogens is 3. The maximum Gasteiger partial charge on any atom is 0.274 e. The van der Waals surface area contributed by atoms with Crippen LogP contribution in [0.15, 0.2) is 24.7 Å². The Hall–Kier alpha value is -1.99. The van der Waals surface area contributed by atoms with Crippen LogP contribution in [0.1, 0.15) is 23.8 Å². The van der Waals surface area contributed by atoms with Gasteiger partial charge in [0, 0.05) is 51.3 Å². The molecule has 0 spiro atoms. The number of β-amino-alcohol motifs (C(OH)–C–C–N with tert-alkyl or cyclic N) is 1. The van der Waals surface area contributed by atoms with Gasteiger partial charge < -0.3 is 10.0 Å². The summed E-state index contributed by atoms with van der Waals surface area (Å²) in [6.07, 6.45) is 5.68. The van der Waals surface area contributed by atoms with Crippen LogP contribution in [0, 0.1) is 0 Å². The quantitative estimate of drug-likeness (QED) is 0.877. The van der Waals surface area contributed by atoms with Crippen molar-refractivity contribution in [2.75, 3.05) is 32.7 Å². The molecule has 0 saturated carbocycles. The molecule has 0 bridgehead atoms. The summed E-state index contributed by atoms with van der Waals surface area (Å²) in [5.74, 6) is 0.483. The van der Waals surface area contributed by atoms with Crippen LogP contribution in [0.2, 0.25) is 0 Å². The molecule has 0 aromatic carbocycles. The molecule has 22 heavy (non-hydrogen) atoms. The van der Waals surface area contributed by atoms with Gasteiger partial charge in [-0.15, -0.1) is 0 Å². The Bertz CT molecular complexity index is 615. The highest BCUT2D eigenvalue weighted by molar-refractivity contribution is 5.92. The molecule has 7 heteroatoms. The predicted molar refractivity (Wildman–Crippen MR) is 81.6 cm³/mol. The van der Waals surface area contributed by atoms with Crippen LogP contribution in [-0.2, 0) is 0 Å². The fourth-order valence-electron chi connectivity index (χ4n) is 2.66. The molecule has 7 nitrogen and oxygen atoms in total. The number of carbonyl (C=O) groups is 1. The molecule has 0 aliphatic carbocycles. The monoisotopic (exact) mass is 303 g/mol. The summed E-state index contributed by atoms with van der Waals surface area (Å²) in [6.45, 7) is 5.55. The lowest BCUT2D eigenvalue weighted by Gasteiger charge is -2.35. The van der Waals surface area contributed by atoms with Crippen molar-refractivity contribution in [1.29, 1.82) is 0 Å². The number of amides is 1. The first-order valence-electron chi connectivity index (χ1n) is 7.67. The third-order valence-electron chi connectivity index (χ3n) is 4.05. The third kappa shape index (κ3) is 3.10. The highest BCUT2D eigenvalue weighted by atomic mass is 16.3. The van der Waals surface area contributed by atoms with E-state index < -0.39 is 0 Å². The van der Waals surface area contributed by atoms with Crippen molar-refractivity contribution in [2.24, 2.45) is 0 Å². The van der Waals surface area contributed by atoms with Crippen molar-refractivity contribution >= 4 is 11.7 Å². The molecule has 118 valence electrons. The van der Waals surface area contributed by atoms with E-state index in [4.69, 9.17) is 0 Å². The number of aliphatic hydroxyl groups excluding tert-OH is 1. The highest BCUT2D eigenvalue weighted by Gasteiger charge is 2.24. The number of hydrogen-bond donors (Lipinski definition) is 1. The Balaban J connectivity index is 1.62. The van der Waals surface area contributed by atoms with Crippen molar-refractivity contribution in [3.05, 3.63) is 30.4 Å². The van der Waals surface area contributed by atoms with E-state index in [1.807, 2.05) is 18.0 Å². The fraction of sp³-hybridized carbons (Fsp3) is 0.533. The van der Waals surface area contributed by atoms with Gasteiger partial charge in [-0.1, -0.05) is 6.92 Å². The number of nitrogens with zero attached hydrogens (tertiary/aromatic N) is 5. The molecular formula is C15H21N5O2. The van der Waals surface area contributed by atoms with Gasteiger partial charge in [0.2, 0.25) is 5.78 Å². The molecule has 2 aromatic heterocycles. The van der Waals surface area contributed by atoms with E-state index in [-0.39, 0.29) is 12.0 Å². The van der Waals surface area contributed by atoms with E-state index >= 15 is 0 Å². The van der Waals surface area contributed by atoms with E-state index in [0.717, 1.165) is 19.5 Å². The normalized spacial score (nSPS) is 17.8. The molecule has 3 heterocycles. The number of rotatable bonds is 4. The summed E-state index contributed by atoms with van der Waals surface area (Å²) in [6, 6.07) is 1.81.